The van der Waals surface area contributed by atoms with Gasteiger partial charge in [0, 0.05) is 4.47 Å². The fourth-order valence-electron chi connectivity index (χ4n) is 2.26. The number of hydrogen-bond acceptors (Lipinski definition) is 3. The third-order valence-corrected chi connectivity index (χ3v) is 4.21. The van der Waals surface area contributed by atoms with Crippen LogP contribution < -0.4 is 4.74 Å². The molecule has 1 saturated carbocycles. The molecule has 1 aromatic carbocycles. The van der Waals surface area contributed by atoms with Crippen molar-refractivity contribution in [2.24, 2.45) is 0 Å². The molecular formula is C14H16BrClO3. The molecule has 0 bridgehead atoms. The van der Waals surface area contributed by atoms with E-state index in [1.165, 1.54) is 7.11 Å². The highest BCUT2D eigenvalue weighted by Gasteiger charge is 2.42. The summed E-state index contributed by atoms with van der Waals surface area (Å²) in [4.78, 5) is 11.5. The molecule has 0 saturated heterocycles. The molecule has 3 nitrogen and oxygen atoms in total. The predicted octanol–water partition coefficient (Wildman–Crippen LogP) is 4.28. The first-order chi connectivity index (χ1) is 8.96. The molecule has 2 rings (SSSR count). The highest BCUT2D eigenvalue weighted by atomic mass is 79.9. The highest BCUT2D eigenvalue weighted by molar-refractivity contribution is 9.10. The van der Waals surface area contributed by atoms with Gasteiger partial charge in [0.05, 0.1) is 18.6 Å². The van der Waals surface area contributed by atoms with Crippen LogP contribution in [0.1, 0.15) is 31.2 Å². The lowest BCUT2D eigenvalue weighted by atomic mass is 9.77. The number of rotatable bonds is 4. The lowest BCUT2D eigenvalue weighted by molar-refractivity contribution is -0.148. The van der Waals surface area contributed by atoms with E-state index in [1.54, 1.807) is 6.07 Å². The minimum Gasteiger partial charge on any atom is -0.485 e. The summed E-state index contributed by atoms with van der Waals surface area (Å²) in [5, 5.41) is 0.558. The van der Waals surface area contributed by atoms with Crippen LogP contribution in [0.15, 0.2) is 16.6 Å². The van der Waals surface area contributed by atoms with Crippen LogP contribution in [0.25, 0.3) is 0 Å². The second kappa shape index (κ2) is 5.71. The SMILES string of the molecule is COC(=O)CC1(Oc2c(C)cc(Br)cc2Cl)CCC1. The van der Waals surface area contributed by atoms with Crippen molar-refractivity contribution in [1.29, 1.82) is 0 Å². The van der Waals surface area contributed by atoms with Crippen molar-refractivity contribution in [2.75, 3.05) is 7.11 Å². The number of esters is 1. The molecule has 104 valence electrons. The van der Waals surface area contributed by atoms with Crippen molar-refractivity contribution in [1.82, 2.24) is 0 Å². The summed E-state index contributed by atoms with van der Waals surface area (Å²) in [6.45, 7) is 1.94. The van der Waals surface area contributed by atoms with E-state index < -0.39 is 5.60 Å². The fraction of sp³-hybridized carbons (Fsp3) is 0.500. The molecule has 19 heavy (non-hydrogen) atoms. The van der Waals surface area contributed by atoms with Gasteiger partial charge in [-0.3, -0.25) is 4.79 Å². The van der Waals surface area contributed by atoms with Crippen LogP contribution in [-0.2, 0) is 9.53 Å². The summed E-state index contributed by atoms with van der Waals surface area (Å²) in [6, 6.07) is 3.75. The average molecular weight is 348 g/mol. The van der Waals surface area contributed by atoms with E-state index in [0.717, 1.165) is 29.3 Å². The molecule has 0 heterocycles. The van der Waals surface area contributed by atoms with E-state index in [4.69, 9.17) is 21.1 Å². The standard InChI is InChI=1S/C14H16BrClO3/c1-9-6-10(15)7-11(16)13(9)19-14(4-3-5-14)8-12(17)18-2/h6-7H,3-5,8H2,1-2H3. The van der Waals surface area contributed by atoms with Crippen LogP contribution >= 0.6 is 27.5 Å². The van der Waals surface area contributed by atoms with E-state index in [-0.39, 0.29) is 12.4 Å². The number of aryl methyl sites for hydroxylation is 1. The molecule has 1 fully saturated rings. The van der Waals surface area contributed by atoms with Crippen LogP contribution in [0.4, 0.5) is 0 Å². The predicted molar refractivity (Wildman–Crippen MR) is 77.7 cm³/mol. The largest absolute Gasteiger partial charge is 0.485 e. The van der Waals surface area contributed by atoms with Gasteiger partial charge >= 0.3 is 5.97 Å². The first-order valence-electron chi connectivity index (χ1n) is 6.17. The third-order valence-electron chi connectivity index (χ3n) is 3.47. The second-order valence-electron chi connectivity index (χ2n) is 4.93. The number of carbonyl (C=O) groups excluding carboxylic acids is 1. The van der Waals surface area contributed by atoms with Crippen molar-refractivity contribution in [2.45, 2.75) is 38.2 Å². The average Bonchev–Trinajstić information content (AvgIpc) is 2.29. The van der Waals surface area contributed by atoms with Gasteiger partial charge in [-0.1, -0.05) is 27.5 Å². The maximum atomic E-state index is 11.5. The maximum absolute atomic E-state index is 11.5. The molecule has 0 unspecified atom stereocenters. The van der Waals surface area contributed by atoms with Gasteiger partial charge in [-0.25, -0.2) is 0 Å². The molecule has 1 aliphatic carbocycles. The minimum absolute atomic E-state index is 0.245. The third kappa shape index (κ3) is 3.23. The Labute approximate surface area is 126 Å². The Bertz CT molecular complexity index is 474. The molecule has 0 radical (unpaired) electrons. The van der Waals surface area contributed by atoms with E-state index >= 15 is 0 Å². The summed E-state index contributed by atoms with van der Waals surface area (Å²) < 4.78 is 11.7. The fourth-order valence-corrected chi connectivity index (χ4v) is 3.27. The highest BCUT2D eigenvalue weighted by Crippen LogP contribution is 2.43. The molecule has 0 atom stereocenters. The molecular weight excluding hydrogens is 332 g/mol. The Hall–Kier alpha value is -0.740. The molecule has 1 aromatic rings. The van der Waals surface area contributed by atoms with E-state index in [1.807, 2.05) is 13.0 Å². The van der Waals surface area contributed by atoms with Gasteiger partial charge in [0.25, 0.3) is 0 Å². The molecule has 5 heteroatoms. The normalized spacial score (nSPS) is 16.6. The Balaban J connectivity index is 2.21. The summed E-state index contributed by atoms with van der Waals surface area (Å²) in [6.07, 6.45) is 3.04. The molecule has 0 spiro atoms. The number of benzene rings is 1. The number of methoxy groups -OCH3 is 1. The number of hydrogen-bond donors (Lipinski definition) is 0. The van der Waals surface area contributed by atoms with Crippen LogP contribution in [0.3, 0.4) is 0 Å². The van der Waals surface area contributed by atoms with Crippen molar-refractivity contribution in [3.63, 3.8) is 0 Å². The van der Waals surface area contributed by atoms with E-state index in [9.17, 15) is 4.79 Å². The topological polar surface area (TPSA) is 35.5 Å². The van der Waals surface area contributed by atoms with Gasteiger partial charge in [0.15, 0.2) is 0 Å². The molecule has 1 aliphatic rings. The lowest BCUT2D eigenvalue weighted by Gasteiger charge is -2.41. The molecule has 0 aromatic heterocycles. The van der Waals surface area contributed by atoms with Crippen LogP contribution in [-0.4, -0.2) is 18.7 Å². The summed E-state index contributed by atoms with van der Waals surface area (Å²) in [5.74, 6) is 0.416. The van der Waals surface area contributed by atoms with Crippen molar-refractivity contribution < 1.29 is 14.3 Å². The van der Waals surface area contributed by atoms with E-state index in [2.05, 4.69) is 15.9 Å². The zero-order chi connectivity index (χ0) is 14.0. The second-order valence-corrected chi connectivity index (χ2v) is 6.25. The smallest absolute Gasteiger partial charge is 0.309 e. The van der Waals surface area contributed by atoms with Gasteiger partial charge in [0.2, 0.25) is 0 Å². The van der Waals surface area contributed by atoms with E-state index in [0.29, 0.717) is 10.8 Å². The van der Waals surface area contributed by atoms with Gasteiger partial charge in [-0.2, -0.15) is 0 Å². The summed E-state index contributed by atoms with van der Waals surface area (Å²) in [5.41, 5.74) is 0.505. The van der Waals surface area contributed by atoms with Crippen LogP contribution in [0.5, 0.6) is 5.75 Å². The first-order valence-corrected chi connectivity index (χ1v) is 7.34. The first kappa shape index (κ1) is 14.7. The molecule has 0 amide bonds. The zero-order valence-corrected chi connectivity index (χ0v) is 13.3. The molecule has 0 aliphatic heterocycles. The zero-order valence-electron chi connectivity index (χ0n) is 11.0. The van der Waals surface area contributed by atoms with Gasteiger partial charge in [-0.05, 0) is 43.9 Å². The minimum atomic E-state index is -0.449. The van der Waals surface area contributed by atoms with Crippen LogP contribution in [0, 0.1) is 6.92 Å². The monoisotopic (exact) mass is 346 g/mol. The van der Waals surface area contributed by atoms with Gasteiger partial charge in [0.1, 0.15) is 11.4 Å². The Kier molecular flexibility index (Phi) is 4.41. The maximum Gasteiger partial charge on any atom is 0.309 e. The van der Waals surface area contributed by atoms with Crippen molar-refractivity contribution >= 4 is 33.5 Å². The summed E-state index contributed by atoms with van der Waals surface area (Å²) >= 11 is 9.62. The van der Waals surface area contributed by atoms with Crippen molar-refractivity contribution in [3.8, 4) is 5.75 Å². The molecule has 0 N–H and O–H groups in total. The number of ether oxygens (including phenoxy) is 2. The van der Waals surface area contributed by atoms with Gasteiger partial charge < -0.3 is 9.47 Å². The summed E-state index contributed by atoms with van der Waals surface area (Å²) in [7, 11) is 1.40. The van der Waals surface area contributed by atoms with Crippen LogP contribution in [0.2, 0.25) is 5.02 Å². The Morgan fingerprint density at radius 3 is 2.63 bits per heavy atom. The lowest BCUT2D eigenvalue weighted by Crippen LogP contribution is -2.45. The number of carbonyl (C=O) groups is 1. The quantitative estimate of drug-likeness (QED) is 0.763. The Morgan fingerprint density at radius 1 is 1.47 bits per heavy atom. The van der Waals surface area contributed by atoms with Crippen molar-refractivity contribution in [3.05, 3.63) is 27.2 Å². The number of halogens is 2. The Morgan fingerprint density at radius 2 is 2.16 bits per heavy atom. The van der Waals surface area contributed by atoms with Gasteiger partial charge in [-0.15, -0.1) is 0 Å².